The summed E-state index contributed by atoms with van der Waals surface area (Å²) in [7, 11) is 1.78. The number of rotatable bonds is 6. The summed E-state index contributed by atoms with van der Waals surface area (Å²) in [5.41, 5.74) is 6.89. The highest BCUT2D eigenvalue weighted by Crippen LogP contribution is 2.32. The molecule has 0 saturated carbocycles. The van der Waals surface area contributed by atoms with Crippen molar-refractivity contribution in [3.8, 4) is 22.5 Å². The number of pyridine rings is 1. The highest BCUT2D eigenvalue weighted by atomic mass is 35.5. The molecule has 0 spiro atoms. The van der Waals surface area contributed by atoms with Gasteiger partial charge in [0.15, 0.2) is 11.5 Å². The lowest BCUT2D eigenvalue weighted by Crippen LogP contribution is -2.46. The van der Waals surface area contributed by atoms with E-state index in [0.717, 1.165) is 30.7 Å². The van der Waals surface area contributed by atoms with E-state index in [-0.39, 0.29) is 51.9 Å². The van der Waals surface area contributed by atoms with Crippen LogP contribution in [0.2, 0.25) is 5.02 Å². The average molecular weight is 596 g/mol. The molecule has 11 nitrogen and oxygen atoms in total. The number of carbonyl (C=O) groups is 1. The largest absolute Gasteiger partial charge is 0.408 e. The predicted octanol–water partition coefficient (Wildman–Crippen LogP) is 2.74. The van der Waals surface area contributed by atoms with Crippen LogP contribution in [0.15, 0.2) is 41.3 Å². The summed E-state index contributed by atoms with van der Waals surface area (Å²) >= 11 is 6.34. The molecule has 13 heteroatoms. The molecule has 0 unspecified atom stereocenters. The molecule has 5 heterocycles. The van der Waals surface area contributed by atoms with Crippen molar-refractivity contribution < 1.29 is 18.8 Å². The normalized spacial score (nSPS) is 16.2. The quantitative estimate of drug-likeness (QED) is 0.348. The number of aromatic nitrogens is 4. The van der Waals surface area contributed by atoms with E-state index in [9.17, 15) is 14.0 Å². The van der Waals surface area contributed by atoms with Gasteiger partial charge in [0.25, 0.3) is 11.5 Å². The molecule has 220 valence electrons. The second-order valence-electron chi connectivity index (χ2n) is 10.5. The zero-order valence-electron chi connectivity index (χ0n) is 23.1. The molecule has 0 bridgehead atoms. The minimum absolute atomic E-state index is 0.0238. The molecule has 0 aliphatic carbocycles. The van der Waals surface area contributed by atoms with Crippen molar-refractivity contribution in [2.45, 2.75) is 12.8 Å². The number of benzene rings is 1. The van der Waals surface area contributed by atoms with Crippen LogP contribution in [0.5, 0.6) is 0 Å². The van der Waals surface area contributed by atoms with Gasteiger partial charge in [-0.05, 0) is 43.0 Å². The molecule has 0 radical (unpaired) electrons. The number of nitrogens with two attached hydrogens (primary N) is 1. The van der Waals surface area contributed by atoms with Crippen LogP contribution in [0.3, 0.4) is 0 Å². The fourth-order valence-corrected chi connectivity index (χ4v) is 5.65. The standard InChI is InChI=1S/C29H31ClFN7O4/c1-36-15-18(13-23(36)29(40)37-9-7-33-8-10-37)26-34-25(32)20-14-19(24-21(30)3-2-4-22(24)31)28(39)38(27(20)35-26)42-16-17-5-11-41-12-6-17/h2-4,13-15,17,33H,5-12,16H2,1H3,(H2,32,34,35). The number of nitrogens with one attached hydrogen (secondary N) is 1. The maximum Gasteiger partial charge on any atom is 0.293 e. The third kappa shape index (κ3) is 5.33. The number of hydrogen-bond donors (Lipinski definition) is 2. The molecule has 3 N–H and O–H groups in total. The van der Waals surface area contributed by atoms with Crippen LogP contribution < -0.4 is 21.4 Å². The molecule has 42 heavy (non-hydrogen) atoms. The number of nitrogens with zero attached hydrogens (tertiary/aromatic N) is 5. The van der Waals surface area contributed by atoms with Crippen LogP contribution in [0, 0.1) is 11.7 Å². The first-order valence-electron chi connectivity index (χ1n) is 13.9. The summed E-state index contributed by atoms with van der Waals surface area (Å²) in [6, 6.07) is 7.36. The Hall–Kier alpha value is -4.00. The molecule has 1 amide bonds. The number of fused-ring (bicyclic) bond motifs is 1. The number of hydrogen-bond acceptors (Lipinski definition) is 8. The molecular formula is C29H31ClFN7O4. The van der Waals surface area contributed by atoms with Gasteiger partial charge in [-0.25, -0.2) is 14.4 Å². The summed E-state index contributed by atoms with van der Waals surface area (Å²) in [5, 5.41) is 3.62. The van der Waals surface area contributed by atoms with Gasteiger partial charge in [-0.2, -0.15) is 0 Å². The van der Waals surface area contributed by atoms with E-state index in [1.165, 1.54) is 24.3 Å². The molecule has 4 aromatic rings. The van der Waals surface area contributed by atoms with Crippen molar-refractivity contribution in [3.63, 3.8) is 0 Å². The summed E-state index contributed by atoms with van der Waals surface area (Å²) < 4.78 is 23.2. The number of anilines is 1. The molecule has 2 saturated heterocycles. The molecule has 6 rings (SSSR count). The predicted molar refractivity (Wildman–Crippen MR) is 157 cm³/mol. The van der Waals surface area contributed by atoms with Crippen LogP contribution in [0.25, 0.3) is 33.5 Å². The Morgan fingerprint density at radius 2 is 1.98 bits per heavy atom. The van der Waals surface area contributed by atoms with E-state index in [1.807, 2.05) is 0 Å². The molecule has 2 aliphatic heterocycles. The van der Waals surface area contributed by atoms with Crippen molar-refractivity contribution >= 4 is 34.4 Å². The molecule has 2 aliphatic rings. The summed E-state index contributed by atoms with van der Waals surface area (Å²) in [6.45, 7) is 4.14. The third-order valence-corrected chi connectivity index (χ3v) is 8.06. The highest BCUT2D eigenvalue weighted by Gasteiger charge is 2.25. The van der Waals surface area contributed by atoms with E-state index < -0.39 is 11.4 Å². The van der Waals surface area contributed by atoms with Crippen LogP contribution >= 0.6 is 11.6 Å². The van der Waals surface area contributed by atoms with Gasteiger partial charge in [0.1, 0.15) is 23.9 Å². The van der Waals surface area contributed by atoms with Gasteiger partial charge in [0, 0.05) is 63.8 Å². The Morgan fingerprint density at radius 1 is 1.21 bits per heavy atom. The Kier molecular flexibility index (Phi) is 7.84. The number of aryl methyl sites for hydroxylation is 1. The first kappa shape index (κ1) is 28.1. The van der Waals surface area contributed by atoms with Crippen LogP contribution in [0.1, 0.15) is 23.3 Å². The lowest BCUT2D eigenvalue weighted by Gasteiger charge is -2.27. The minimum atomic E-state index is -0.656. The second-order valence-corrected chi connectivity index (χ2v) is 10.9. The Bertz CT molecular complexity index is 1690. The van der Waals surface area contributed by atoms with E-state index in [0.29, 0.717) is 42.9 Å². The van der Waals surface area contributed by atoms with Gasteiger partial charge in [-0.1, -0.05) is 17.7 Å². The van der Waals surface area contributed by atoms with Gasteiger partial charge in [-0.15, -0.1) is 4.73 Å². The monoisotopic (exact) mass is 595 g/mol. The van der Waals surface area contributed by atoms with E-state index >= 15 is 0 Å². The molecule has 2 fully saturated rings. The number of nitrogen functional groups attached to an aromatic ring is 1. The Labute approximate surface area is 246 Å². The zero-order valence-corrected chi connectivity index (χ0v) is 23.9. The molecule has 0 atom stereocenters. The van der Waals surface area contributed by atoms with E-state index in [2.05, 4.69) is 15.3 Å². The van der Waals surface area contributed by atoms with Crippen molar-refractivity contribution in [3.05, 3.63) is 63.4 Å². The van der Waals surface area contributed by atoms with Gasteiger partial charge in [-0.3, -0.25) is 9.59 Å². The number of amides is 1. The van der Waals surface area contributed by atoms with Crippen molar-refractivity contribution in [2.24, 2.45) is 13.0 Å². The topological polar surface area (TPSA) is 130 Å². The van der Waals surface area contributed by atoms with Crippen molar-refractivity contribution in [1.82, 2.24) is 29.5 Å². The summed E-state index contributed by atoms with van der Waals surface area (Å²) in [4.78, 5) is 44.1. The lowest BCUT2D eigenvalue weighted by molar-refractivity contribution is 0.0153. The summed E-state index contributed by atoms with van der Waals surface area (Å²) in [5.74, 6) is -0.313. The van der Waals surface area contributed by atoms with Gasteiger partial charge >= 0.3 is 0 Å². The van der Waals surface area contributed by atoms with Crippen molar-refractivity contribution in [2.75, 3.05) is 51.7 Å². The smallest absolute Gasteiger partial charge is 0.293 e. The van der Waals surface area contributed by atoms with E-state index in [4.69, 9.17) is 26.9 Å². The van der Waals surface area contributed by atoms with E-state index in [1.54, 1.807) is 28.8 Å². The maximum atomic E-state index is 15.0. The fraction of sp³-hybridized carbons (Fsp3) is 0.379. The minimum Gasteiger partial charge on any atom is -0.408 e. The zero-order chi connectivity index (χ0) is 29.4. The molecule has 3 aromatic heterocycles. The second kappa shape index (κ2) is 11.7. The van der Waals surface area contributed by atoms with Crippen molar-refractivity contribution in [1.29, 1.82) is 0 Å². The Morgan fingerprint density at radius 3 is 2.71 bits per heavy atom. The van der Waals surface area contributed by atoms with Crippen LogP contribution in [-0.4, -0.2) is 76.1 Å². The Balaban J connectivity index is 1.46. The maximum absolute atomic E-state index is 15.0. The fourth-order valence-electron chi connectivity index (χ4n) is 5.38. The number of carbonyl (C=O) groups excluding carboxylic acids is 1. The first-order valence-corrected chi connectivity index (χ1v) is 14.2. The molecular weight excluding hydrogens is 565 g/mol. The van der Waals surface area contributed by atoms with Crippen LogP contribution in [0.4, 0.5) is 10.2 Å². The summed E-state index contributed by atoms with van der Waals surface area (Å²) in [6.07, 6.45) is 3.30. The van der Waals surface area contributed by atoms with Gasteiger partial charge < -0.3 is 30.1 Å². The third-order valence-electron chi connectivity index (χ3n) is 7.75. The number of halogens is 2. The average Bonchev–Trinajstić information content (AvgIpc) is 3.39. The number of piperazine rings is 1. The lowest BCUT2D eigenvalue weighted by atomic mass is 10.0. The van der Waals surface area contributed by atoms with Gasteiger partial charge in [0.05, 0.1) is 16.0 Å². The highest BCUT2D eigenvalue weighted by molar-refractivity contribution is 6.33. The van der Waals surface area contributed by atoms with Crippen LogP contribution in [-0.2, 0) is 11.8 Å². The molecule has 1 aromatic carbocycles. The SMILES string of the molecule is Cn1cc(-c2nc(N)c3cc(-c4c(F)cccc4Cl)c(=O)n(OCC4CCOCC4)c3n2)cc1C(=O)N1CCNCC1. The van der Waals surface area contributed by atoms with Gasteiger partial charge in [0.2, 0.25) is 0 Å². The number of ether oxygens (including phenoxy) is 1. The first-order chi connectivity index (χ1) is 20.3.